The lowest BCUT2D eigenvalue weighted by atomic mass is 9.70. The first kappa shape index (κ1) is 24.8. The minimum atomic E-state index is 0.273. The fraction of sp³-hybridized carbons (Fsp3) is 0.588. The summed E-state index contributed by atoms with van der Waals surface area (Å²) >= 11 is 2.01. The van der Waals surface area contributed by atoms with Gasteiger partial charge in [-0.3, -0.25) is 4.99 Å². The van der Waals surface area contributed by atoms with Crippen LogP contribution in [0.4, 0.5) is 0 Å². The van der Waals surface area contributed by atoms with Crippen LogP contribution < -0.4 is 0 Å². The number of hydrogen-bond acceptors (Lipinski definition) is 4. The largest absolute Gasteiger partial charge is 0.362 e. The highest BCUT2D eigenvalue weighted by atomic mass is 32.1. The molecule has 2 heterocycles. The molecule has 0 N–H and O–H groups in total. The summed E-state index contributed by atoms with van der Waals surface area (Å²) < 4.78 is 1.44. The first-order valence-corrected chi connectivity index (χ1v) is 15.8. The van der Waals surface area contributed by atoms with Crippen LogP contribution in [0.5, 0.6) is 0 Å². The number of hydrogen-bond donors (Lipinski definition) is 0. The number of allylic oxidation sites excluding steroid dienone is 2. The molecule has 3 saturated carbocycles. The van der Waals surface area contributed by atoms with Crippen LogP contribution in [0.15, 0.2) is 64.1 Å². The number of rotatable bonds is 6. The Hall–Kier alpha value is -2.20. The molecule has 38 heavy (non-hydrogen) atoms. The van der Waals surface area contributed by atoms with E-state index in [1.165, 1.54) is 67.0 Å². The number of nitrogens with zero attached hydrogens (tertiary/aromatic N) is 3. The van der Waals surface area contributed by atoms with Crippen molar-refractivity contribution in [2.75, 3.05) is 14.1 Å². The third-order valence-electron chi connectivity index (χ3n) is 11.5. The molecule has 4 aliphatic carbocycles. The smallest absolute Gasteiger partial charge is 0.135 e. The van der Waals surface area contributed by atoms with Crippen LogP contribution in [0, 0.1) is 28.1 Å². The van der Waals surface area contributed by atoms with Crippen molar-refractivity contribution in [3.05, 3.63) is 59.0 Å². The predicted molar refractivity (Wildman–Crippen MR) is 162 cm³/mol. The molecule has 1 aromatic carbocycles. The van der Waals surface area contributed by atoms with Gasteiger partial charge in [0.15, 0.2) is 0 Å². The fourth-order valence-corrected chi connectivity index (χ4v) is 9.78. The maximum absolute atomic E-state index is 5.07. The van der Waals surface area contributed by atoms with E-state index in [1.807, 2.05) is 11.3 Å². The number of aliphatic imine (C=N–C) groups is 2. The van der Waals surface area contributed by atoms with Gasteiger partial charge in [0.05, 0.1) is 6.04 Å². The van der Waals surface area contributed by atoms with E-state index in [2.05, 4.69) is 81.4 Å². The normalized spacial score (nSPS) is 36.1. The molecule has 0 bridgehead atoms. The van der Waals surface area contributed by atoms with E-state index in [9.17, 15) is 0 Å². The van der Waals surface area contributed by atoms with E-state index in [4.69, 9.17) is 9.98 Å². The second-order valence-electron chi connectivity index (χ2n) is 13.7. The molecule has 7 rings (SSSR count). The number of fused-ring (bicyclic) bond motifs is 2. The number of amidine groups is 2. The van der Waals surface area contributed by atoms with Crippen LogP contribution in [0.2, 0.25) is 0 Å². The van der Waals surface area contributed by atoms with Gasteiger partial charge in [0.1, 0.15) is 11.7 Å². The van der Waals surface area contributed by atoms with Crippen molar-refractivity contribution in [3.63, 3.8) is 0 Å². The standard InChI is InChI=1S/C34H43N3S/c1-23(19-26-20-24-9-5-8-12-29(24)38-26)32(2)22-34(32)17-15-33(16-18-34)21-25(33)13-14-30-35-28-11-7-6-10-27(28)31(36-30)37(3)4/h5-10,12,20,23,25,28H,11,13-19,21-22H2,1-4H3/t23?,25-,28?,32?,33?,34?/m0/s1. The lowest BCUT2D eigenvalue weighted by Gasteiger charge is -2.35. The summed E-state index contributed by atoms with van der Waals surface area (Å²) in [5.74, 6) is 3.86. The van der Waals surface area contributed by atoms with Crippen LogP contribution in [0.1, 0.15) is 76.5 Å². The Bertz CT molecular complexity index is 1330. The second kappa shape index (κ2) is 8.91. The van der Waals surface area contributed by atoms with Gasteiger partial charge in [-0.2, -0.15) is 0 Å². The SMILES string of the molecule is CC(Cc1cc2ccccc2s1)C1(C)CC12CCC1(CC2)C[C@@H]1CCC1=NC2CC=CC=C2C(N(C)C)=N1. The Balaban J connectivity index is 0.945. The molecular weight excluding hydrogens is 482 g/mol. The molecule has 4 heteroatoms. The Labute approximate surface area is 232 Å². The van der Waals surface area contributed by atoms with E-state index in [0.717, 1.165) is 36.3 Å². The average Bonchev–Trinajstić information content (AvgIpc) is 3.69. The molecule has 0 amide bonds. The summed E-state index contributed by atoms with van der Waals surface area (Å²) in [5.41, 5.74) is 3.08. The van der Waals surface area contributed by atoms with Crippen LogP contribution in [0.25, 0.3) is 10.1 Å². The van der Waals surface area contributed by atoms with Crippen molar-refractivity contribution in [2.24, 2.45) is 38.1 Å². The Kier molecular flexibility index (Phi) is 5.82. The van der Waals surface area contributed by atoms with Gasteiger partial charge >= 0.3 is 0 Å². The van der Waals surface area contributed by atoms with E-state index in [-0.39, 0.29) is 6.04 Å². The first-order valence-electron chi connectivity index (χ1n) is 15.0. The zero-order valence-electron chi connectivity index (χ0n) is 23.7. The van der Waals surface area contributed by atoms with Crippen LogP contribution in [-0.2, 0) is 6.42 Å². The van der Waals surface area contributed by atoms with Gasteiger partial charge in [0.25, 0.3) is 0 Å². The average molecular weight is 526 g/mol. The molecule has 0 saturated heterocycles. The predicted octanol–water partition coefficient (Wildman–Crippen LogP) is 8.46. The molecular formula is C34H43N3S. The number of benzene rings is 1. The molecule has 3 fully saturated rings. The van der Waals surface area contributed by atoms with Crippen LogP contribution in [-0.4, -0.2) is 36.7 Å². The fourth-order valence-electron chi connectivity index (χ4n) is 8.59. The van der Waals surface area contributed by atoms with Gasteiger partial charge in [0, 0.05) is 35.7 Å². The van der Waals surface area contributed by atoms with Gasteiger partial charge in [-0.1, -0.05) is 50.3 Å². The van der Waals surface area contributed by atoms with Crippen LogP contribution in [0.3, 0.4) is 0 Å². The highest BCUT2D eigenvalue weighted by Gasteiger charge is 2.69. The monoisotopic (exact) mass is 525 g/mol. The topological polar surface area (TPSA) is 28.0 Å². The lowest BCUT2D eigenvalue weighted by molar-refractivity contribution is 0.153. The highest BCUT2D eigenvalue weighted by Crippen LogP contribution is 2.78. The summed E-state index contributed by atoms with van der Waals surface area (Å²) in [5, 5.41) is 1.42. The maximum Gasteiger partial charge on any atom is 0.135 e. The van der Waals surface area contributed by atoms with Crippen molar-refractivity contribution in [1.29, 1.82) is 0 Å². The van der Waals surface area contributed by atoms with Crippen molar-refractivity contribution >= 4 is 33.1 Å². The minimum Gasteiger partial charge on any atom is -0.362 e. The molecule has 3 unspecified atom stereocenters. The third kappa shape index (κ3) is 4.05. The van der Waals surface area contributed by atoms with E-state index >= 15 is 0 Å². The summed E-state index contributed by atoms with van der Waals surface area (Å²) in [6, 6.07) is 11.6. The van der Waals surface area contributed by atoms with Gasteiger partial charge < -0.3 is 4.90 Å². The first-order chi connectivity index (χ1) is 18.3. The summed E-state index contributed by atoms with van der Waals surface area (Å²) in [6.45, 7) is 5.16. The van der Waals surface area contributed by atoms with Crippen molar-refractivity contribution in [1.82, 2.24) is 4.90 Å². The molecule has 4 atom stereocenters. The molecule has 200 valence electrons. The Morgan fingerprint density at radius 2 is 1.95 bits per heavy atom. The molecule has 0 radical (unpaired) electrons. The number of likely N-dealkylation sites (N-methyl/N-ethyl adjacent to an activating group) is 1. The second-order valence-corrected chi connectivity index (χ2v) is 14.9. The molecule has 1 aromatic heterocycles. The zero-order chi connectivity index (χ0) is 26.1. The molecule has 2 aromatic rings. The lowest BCUT2D eigenvalue weighted by Crippen LogP contribution is -2.34. The molecule has 2 spiro atoms. The third-order valence-corrected chi connectivity index (χ3v) is 12.6. The summed E-state index contributed by atoms with van der Waals surface area (Å²) in [6.07, 6.45) is 19.9. The molecule has 1 aliphatic heterocycles. The quantitative estimate of drug-likeness (QED) is 0.372. The maximum atomic E-state index is 5.07. The minimum absolute atomic E-state index is 0.273. The van der Waals surface area contributed by atoms with Crippen molar-refractivity contribution in [2.45, 2.75) is 84.1 Å². The summed E-state index contributed by atoms with van der Waals surface area (Å²) in [7, 11) is 4.22. The van der Waals surface area contributed by atoms with E-state index < -0.39 is 0 Å². The zero-order valence-corrected chi connectivity index (χ0v) is 24.5. The van der Waals surface area contributed by atoms with Gasteiger partial charge in [-0.15, -0.1) is 11.3 Å². The van der Waals surface area contributed by atoms with Crippen molar-refractivity contribution < 1.29 is 0 Å². The van der Waals surface area contributed by atoms with E-state index in [1.54, 1.807) is 4.88 Å². The van der Waals surface area contributed by atoms with Crippen LogP contribution >= 0.6 is 11.3 Å². The van der Waals surface area contributed by atoms with Gasteiger partial charge in [-0.25, -0.2) is 4.99 Å². The highest BCUT2D eigenvalue weighted by molar-refractivity contribution is 7.19. The molecule has 5 aliphatic rings. The van der Waals surface area contributed by atoms with Gasteiger partial charge in [0.2, 0.25) is 0 Å². The van der Waals surface area contributed by atoms with Gasteiger partial charge in [-0.05, 0) is 103 Å². The van der Waals surface area contributed by atoms with Crippen molar-refractivity contribution in [3.8, 4) is 0 Å². The molecule has 3 nitrogen and oxygen atoms in total. The van der Waals surface area contributed by atoms with E-state index in [0.29, 0.717) is 16.2 Å². The Morgan fingerprint density at radius 1 is 1.13 bits per heavy atom. The number of thiophene rings is 1. The summed E-state index contributed by atoms with van der Waals surface area (Å²) in [4.78, 5) is 13.8. The Morgan fingerprint density at radius 3 is 2.74 bits per heavy atom.